The summed E-state index contributed by atoms with van der Waals surface area (Å²) in [5, 5.41) is 3.62. The molecule has 6 heteroatoms. The molecule has 0 aliphatic carbocycles. The van der Waals surface area contributed by atoms with Gasteiger partial charge in [-0.25, -0.2) is 4.90 Å². The number of carbonyl (C=O) groups excluding carboxylic acids is 2. The summed E-state index contributed by atoms with van der Waals surface area (Å²) >= 11 is 6.18. The molecular formula is C26H23ClN2O3. The summed E-state index contributed by atoms with van der Waals surface area (Å²) in [6, 6.07) is 18.3. The maximum atomic E-state index is 13.6. The lowest BCUT2D eigenvalue weighted by Gasteiger charge is -2.19. The smallest absolute Gasteiger partial charge is 0.282 e. The average Bonchev–Trinajstić information content (AvgIpc) is 3.00. The van der Waals surface area contributed by atoms with Crippen molar-refractivity contribution in [1.29, 1.82) is 0 Å². The highest BCUT2D eigenvalue weighted by Crippen LogP contribution is 2.37. The van der Waals surface area contributed by atoms with E-state index in [1.807, 2.05) is 63.2 Å². The van der Waals surface area contributed by atoms with Gasteiger partial charge in [0.05, 0.1) is 24.1 Å². The van der Waals surface area contributed by atoms with Crippen molar-refractivity contribution in [3.8, 4) is 5.75 Å². The molecule has 0 unspecified atom stereocenters. The Kier molecular flexibility index (Phi) is 5.76. The van der Waals surface area contributed by atoms with E-state index in [-0.39, 0.29) is 11.6 Å². The van der Waals surface area contributed by atoms with Crippen LogP contribution in [0.2, 0.25) is 5.02 Å². The summed E-state index contributed by atoms with van der Waals surface area (Å²) in [7, 11) is 1.54. The summed E-state index contributed by atoms with van der Waals surface area (Å²) in [6.45, 7) is 5.78. The van der Waals surface area contributed by atoms with Crippen molar-refractivity contribution in [3.63, 3.8) is 0 Å². The maximum Gasteiger partial charge on any atom is 0.282 e. The molecule has 2 amide bonds. The van der Waals surface area contributed by atoms with Crippen LogP contribution in [0.25, 0.3) is 5.57 Å². The van der Waals surface area contributed by atoms with Gasteiger partial charge in [-0.05, 0) is 61.7 Å². The fourth-order valence-electron chi connectivity index (χ4n) is 3.73. The number of hydrogen-bond donors (Lipinski definition) is 1. The van der Waals surface area contributed by atoms with Crippen molar-refractivity contribution in [2.45, 2.75) is 20.8 Å². The molecule has 32 heavy (non-hydrogen) atoms. The molecule has 0 spiro atoms. The van der Waals surface area contributed by atoms with Crippen molar-refractivity contribution < 1.29 is 14.3 Å². The summed E-state index contributed by atoms with van der Waals surface area (Å²) < 4.78 is 5.42. The quantitative estimate of drug-likeness (QED) is 0.513. The molecule has 1 N–H and O–H groups in total. The van der Waals surface area contributed by atoms with Crippen LogP contribution in [-0.2, 0) is 9.59 Å². The van der Waals surface area contributed by atoms with E-state index < -0.39 is 5.91 Å². The number of rotatable bonds is 5. The molecule has 0 aromatic heterocycles. The number of hydrogen-bond acceptors (Lipinski definition) is 4. The summed E-state index contributed by atoms with van der Waals surface area (Å²) in [4.78, 5) is 28.5. The second-order valence-corrected chi connectivity index (χ2v) is 8.26. The zero-order valence-corrected chi connectivity index (χ0v) is 19.1. The number of amides is 2. The minimum atomic E-state index is -0.429. The molecule has 1 aliphatic rings. The van der Waals surface area contributed by atoms with Gasteiger partial charge in [0, 0.05) is 5.02 Å². The molecule has 0 radical (unpaired) electrons. The van der Waals surface area contributed by atoms with Gasteiger partial charge in [0.15, 0.2) is 0 Å². The predicted octanol–water partition coefficient (Wildman–Crippen LogP) is 5.67. The van der Waals surface area contributed by atoms with Crippen molar-refractivity contribution >= 4 is 40.4 Å². The van der Waals surface area contributed by atoms with Gasteiger partial charge < -0.3 is 10.1 Å². The van der Waals surface area contributed by atoms with Crippen molar-refractivity contribution in [2.75, 3.05) is 17.3 Å². The molecular weight excluding hydrogens is 424 g/mol. The van der Waals surface area contributed by atoms with Crippen molar-refractivity contribution in [3.05, 3.63) is 93.6 Å². The van der Waals surface area contributed by atoms with E-state index in [4.69, 9.17) is 16.3 Å². The van der Waals surface area contributed by atoms with Crippen LogP contribution in [-0.4, -0.2) is 18.9 Å². The lowest BCUT2D eigenvalue weighted by atomic mass is 10.0. The maximum absolute atomic E-state index is 13.6. The second kappa shape index (κ2) is 8.52. The van der Waals surface area contributed by atoms with Gasteiger partial charge in [-0.1, -0.05) is 53.6 Å². The number of anilines is 2. The van der Waals surface area contributed by atoms with Gasteiger partial charge >= 0.3 is 0 Å². The van der Waals surface area contributed by atoms with Gasteiger partial charge in [-0.15, -0.1) is 0 Å². The van der Waals surface area contributed by atoms with E-state index in [9.17, 15) is 9.59 Å². The number of halogens is 1. The number of nitrogens with one attached hydrogen (secondary N) is 1. The van der Waals surface area contributed by atoms with Crippen LogP contribution in [0.5, 0.6) is 5.75 Å². The van der Waals surface area contributed by atoms with Crippen LogP contribution in [0.15, 0.2) is 66.4 Å². The summed E-state index contributed by atoms with van der Waals surface area (Å²) in [6.07, 6.45) is 0. The lowest BCUT2D eigenvalue weighted by molar-refractivity contribution is -0.120. The van der Waals surface area contributed by atoms with Crippen LogP contribution in [0.3, 0.4) is 0 Å². The predicted molar refractivity (Wildman–Crippen MR) is 128 cm³/mol. The van der Waals surface area contributed by atoms with Gasteiger partial charge in [0.2, 0.25) is 0 Å². The number of nitrogens with zero attached hydrogens (tertiary/aromatic N) is 1. The Hall–Kier alpha value is -3.57. The largest absolute Gasteiger partial charge is 0.495 e. The first-order chi connectivity index (χ1) is 15.3. The normalized spacial score (nSPS) is 13.7. The Morgan fingerprint density at radius 3 is 2.22 bits per heavy atom. The molecule has 0 atom stereocenters. The van der Waals surface area contributed by atoms with Crippen molar-refractivity contribution in [2.24, 2.45) is 0 Å². The van der Waals surface area contributed by atoms with E-state index >= 15 is 0 Å². The van der Waals surface area contributed by atoms with Crippen LogP contribution < -0.4 is 15.0 Å². The number of benzene rings is 3. The summed E-state index contributed by atoms with van der Waals surface area (Å²) in [5.74, 6) is -0.298. The minimum absolute atomic E-state index is 0.181. The Balaban J connectivity index is 1.88. The molecule has 0 saturated carbocycles. The average molecular weight is 447 g/mol. The highest BCUT2D eigenvalue weighted by molar-refractivity contribution is 6.46. The molecule has 1 aliphatic heterocycles. The third kappa shape index (κ3) is 3.87. The Bertz CT molecular complexity index is 1260. The highest BCUT2D eigenvalue weighted by atomic mass is 35.5. The Labute approximate surface area is 192 Å². The van der Waals surface area contributed by atoms with Gasteiger partial charge in [0.25, 0.3) is 11.8 Å². The zero-order chi connectivity index (χ0) is 23.0. The first-order valence-corrected chi connectivity index (χ1v) is 10.6. The number of imide groups is 1. The molecule has 3 aromatic rings. The third-order valence-electron chi connectivity index (χ3n) is 5.45. The van der Waals surface area contributed by atoms with E-state index in [0.717, 1.165) is 16.7 Å². The highest BCUT2D eigenvalue weighted by Gasteiger charge is 2.41. The van der Waals surface area contributed by atoms with E-state index in [1.165, 1.54) is 12.0 Å². The molecule has 3 aromatic carbocycles. The molecule has 4 rings (SSSR count). The topological polar surface area (TPSA) is 58.6 Å². The van der Waals surface area contributed by atoms with E-state index in [2.05, 4.69) is 5.32 Å². The van der Waals surface area contributed by atoms with Gasteiger partial charge in [-0.3, -0.25) is 9.59 Å². The zero-order valence-electron chi connectivity index (χ0n) is 18.3. The SMILES string of the molecule is COc1ccc(Cl)cc1NC1=C(c2ccc(C)cc2)C(=O)N(c2cc(C)ccc2C)C1=O. The Morgan fingerprint density at radius 1 is 0.844 bits per heavy atom. The number of carbonyl (C=O) groups is 2. The molecule has 0 saturated heterocycles. The number of methoxy groups -OCH3 is 1. The summed E-state index contributed by atoms with van der Waals surface area (Å²) in [5.41, 5.74) is 5.07. The molecule has 162 valence electrons. The van der Waals surface area contributed by atoms with Crippen molar-refractivity contribution in [1.82, 2.24) is 0 Å². The molecule has 0 fully saturated rings. The van der Waals surface area contributed by atoms with Crippen LogP contribution in [0.4, 0.5) is 11.4 Å². The molecule has 0 bridgehead atoms. The third-order valence-corrected chi connectivity index (χ3v) is 5.69. The first kappa shape index (κ1) is 21.7. The fourth-order valence-corrected chi connectivity index (χ4v) is 3.90. The van der Waals surface area contributed by atoms with Gasteiger partial charge in [0.1, 0.15) is 11.4 Å². The first-order valence-electron chi connectivity index (χ1n) is 10.2. The monoisotopic (exact) mass is 446 g/mol. The van der Waals surface area contributed by atoms with Crippen LogP contribution in [0, 0.1) is 20.8 Å². The number of aryl methyl sites for hydroxylation is 3. The van der Waals surface area contributed by atoms with Crippen LogP contribution in [0.1, 0.15) is 22.3 Å². The van der Waals surface area contributed by atoms with Gasteiger partial charge in [-0.2, -0.15) is 0 Å². The standard InChI is InChI=1S/C26H23ClN2O3/c1-15-6-9-18(10-7-15)23-24(28-20-14-19(27)11-12-22(20)32-4)26(31)29(25(23)30)21-13-16(2)5-8-17(21)3/h5-14,28H,1-4H3. The van der Waals surface area contributed by atoms with E-state index in [0.29, 0.717) is 33.3 Å². The minimum Gasteiger partial charge on any atom is -0.495 e. The Morgan fingerprint density at radius 2 is 1.53 bits per heavy atom. The second-order valence-electron chi connectivity index (χ2n) is 7.82. The number of ether oxygens (including phenoxy) is 1. The molecule has 1 heterocycles. The fraction of sp³-hybridized carbons (Fsp3) is 0.154. The van der Waals surface area contributed by atoms with E-state index in [1.54, 1.807) is 18.2 Å². The lowest BCUT2D eigenvalue weighted by Crippen LogP contribution is -2.33. The molecule has 5 nitrogen and oxygen atoms in total. The van der Waals surface area contributed by atoms with Crippen LogP contribution >= 0.6 is 11.6 Å².